The summed E-state index contributed by atoms with van der Waals surface area (Å²) in [6, 6.07) is 6.08. The molecule has 0 amide bonds. The standard InChI is InChI=1S/C13H19NO3/c1-13(2,3)17-12(16)8-11(14)9-4-6-10(15)7-5-9/h4-7,11,15H,8,14H2,1-3H3/t11-/m0/s1. The molecule has 0 saturated heterocycles. The van der Waals surface area contributed by atoms with Crippen molar-refractivity contribution in [2.24, 2.45) is 5.73 Å². The summed E-state index contributed by atoms with van der Waals surface area (Å²) < 4.78 is 5.19. The van der Waals surface area contributed by atoms with Crippen molar-refractivity contribution in [3.63, 3.8) is 0 Å². The number of carbonyl (C=O) groups excluding carboxylic acids is 1. The molecule has 0 unspecified atom stereocenters. The average Bonchev–Trinajstić information content (AvgIpc) is 2.15. The first-order chi connectivity index (χ1) is 7.78. The Morgan fingerprint density at radius 2 is 1.88 bits per heavy atom. The smallest absolute Gasteiger partial charge is 0.308 e. The second-order valence-corrected chi connectivity index (χ2v) is 4.99. The summed E-state index contributed by atoms with van der Waals surface area (Å²) in [4.78, 5) is 11.6. The fraction of sp³-hybridized carbons (Fsp3) is 0.462. The molecule has 1 atom stereocenters. The van der Waals surface area contributed by atoms with Gasteiger partial charge in [-0.05, 0) is 38.5 Å². The Kier molecular flexibility index (Phi) is 4.12. The molecule has 1 aromatic carbocycles. The van der Waals surface area contributed by atoms with Crippen molar-refractivity contribution in [2.45, 2.75) is 38.8 Å². The molecule has 4 heteroatoms. The predicted molar refractivity (Wildman–Crippen MR) is 65.5 cm³/mol. The lowest BCUT2D eigenvalue weighted by Crippen LogP contribution is -2.26. The van der Waals surface area contributed by atoms with Crippen molar-refractivity contribution < 1.29 is 14.6 Å². The Bertz CT molecular complexity index is 379. The van der Waals surface area contributed by atoms with Gasteiger partial charge in [0.25, 0.3) is 0 Å². The number of ether oxygens (including phenoxy) is 1. The second-order valence-electron chi connectivity index (χ2n) is 4.99. The molecule has 0 aliphatic heterocycles. The Hall–Kier alpha value is -1.55. The summed E-state index contributed by atoms with van der Waals surface area (Å²) in [7, 11) is 0. The number of aromatic hydroxyl groups is 1. The summed E-state index contributed by atoms with van der Waals surface area (Å²) in [6.07, 6.45) is 0.127. The van der Waals surface area contributed by atoms with Crippen LogP contribution in [0, 0.1) is 0 Å². The highest BCUT2D eigenvalue weighted by molar-refractivity contribution is 5.70. The summed E-state index contributed by atoms with van der Waals surface area (Å²) in [6.45, 7) is 5.45. The molecule has 0 radical (unpaired) electrons. The summed E-state index contributed by atoms with van der Waals surface area (Å²) in [5.41, 5.74) is 6.19. The molecule has 0 spiro atoms. The van der Waals surface area contributed by atoms with Crippen LogP contribution in [-0.4, -0.2) is 16.7 Å². The van der Waals surface area contributed by atoms with Crippen molar-refractivity contribution in [1.82, 2.24) is 0 Å². The van der Waals surface area contributed by atoms with Crippen molar-refractivity contribution in [2.75, 3.05) is 0 Å². The van der Waals surface area contributed by atoms with Gasteiger partial charge < -0.3 is 15.6 Å². The Morgan fingerprint density at radius 1 is 1.35 bits per heavy atom. The topological polar surface area (TPSA) is 72.5 Å². The zero-order valence-corrected chi connectivity index (χ0v) is 10.4. The summed E-state index contributed by atoms with van der Waals surface area (Å²) in [5.74, 6) is -0.142. The third kappa shape index (κ3) is 4.87. The van der Waals surface area contributed by atoms with Crippen LogP contribution in [0.2, 0.25) is 0 Å². The van der Waals surface area contributed by atoms with E-state index in [9.17, 15) is 4.79 Å². The molecular weight excluding hydrogens is 218 g/mol. The third-order valence-corrected chi connectivity index (χ3v) is 2.13. The maximum absolute atomic E-state index is 11.6. The fourth-order valence-electron chi connectivity index (χ4n) is 1.40. The van der Waals surface area contributed by atoms with Gasteiger partial charge in [-0.2, -0.15) is 0 Å². The summed E-state index contributed by atoms with van der Waals surface area (Å²) in [5, 5.41) is 9.14. The maximum atomic E-state index is 11.6. The minimum Gasteiger partial charge on any atom is -0.508 e. The van der Waals surface area contributed by atoms with Crippen LogP contribution in [0.3, 0.4) is 0 Å². The van der Waals surface area contributed by atoms with E-state index in [1.54, 1.807) is 24.3 Å². The SMILES string of the molecule is CC(C)(C)OC(=O)C[C@H](N)c1ccc(O)cc1. The van der Waals surface area contributed by atoms with Gasteiger partial charge in [0, 0.05) is 6.04 Å². The van der Waals surface area contributed by atoms with Crippen LogP contribution >= 0.6 is 0 Å². The maximum Gasteiger partial charge on any atom is 0.308 e. The molecule has 94 valence electrons. The van der Waals surface area contributed by atoms with Crippen molar-refractivity contribution >= 4 is 5.97 Å². The largest absolute Gasteiger partial charge is 0.508 e. The van der Waals surface area contributed by atoms with Gasteiger partial charge >= 0.3 is 5.97 Å². The Labute approximate surface area is 101 Å². The number of nitrogens with two attached hydrogens (primary N) is 1. The van der Waals surface area contributed by atoms with Crippen LogP contribution in [0.4, 0.5) is 0 Å². The van der Waals surface area contributed by atoms with Crippen molar-refractivity contribution in [1.29, 1.82) is 0 Å². The monoisotopic (exact) mass is 237 g/mol. The van der Waals surface area contributed by atoms with E-state index in [0.29, 0.717) is 0 Å². The van der Waals surface area contributed by atoms with E-state index < -0.39 is 11.6 Å². The predicted octanol–water partition coefficient (Wildman–Crippen LogP) is 2.12. The fourth-order valence-corrected chi connectivity index (χ4v) is 1.40. The van der Waals surface area contributed by atoms with Gasteiger partial charge in [0.1, 0.15) is 11.4 Å². The van der Waals surface area contributed by atoms with Crippen LogP contribution in [0.25, 0.3) is 0 Å². The molecule has 0 aromatic heterocycles. The number of hydrogen-bond acceptors (Lipinski definition) is 4. The van der Waals surface area contributed by atoms with Crippen LogP contribution < -0.4 is 5.73 Å². The number of benzene rings is 1. The molecular formula is C13H19NO3. The Morgan fingerprint density at radius 3 is 2.35 bits per heavy atom. The molecule has 3 N–H and O–H groups in total. The molecule has 17 heavy (non-hydrogen) atoms. The van der Waals surface area contributed by atoms with Crippen molar-refractivity contribution in [3.8, 4) is 5.75 Å². The number of carbonyl (C=O) groups is 1. The first-order valence-electron chi connectivity index (χ1n) is 5.54. The highest BCUT2D eigenvalue weighted by atomic mass is 16.6. The van der Waals surface area contributed by atoms with E-state index in [-0.39, 0.29) is 18.1 Å². The molecule has 0 saturated carbocycles. The minimum atomic E-state index is -0.494. The zero-order valence-electron chi connectivity index (χ0n) is 10.4. The number of hydrogen-bond donors (Lipinski definition) is 2. The lowest BCUT2D eigenvalue weighted by atomic mass is 10.0. The highest BCUT2D eigenvalue weighted by Gasteiger charge is 2.19. The number of phenolic OH excluding ortho intramolecular Hbond substituents is 1. The van der Waals surface area contributed by atoms with Gasteiger partial charge in [-0.1, -0.05) is 12.1 Å². The van der Waals surface area contributed by atoms with Crippen LogP contribution in [-0.2, 0) is 9.53 Å². The van der Waals surface area contributed by atoms with Crippen LogP contribution in [0.5, 0.6) is 5.75 Å². The Balaban J connectivity index is 2.57. The van der Waals surface area contributed by atoms with Gasteiger partial charge in [-0.25, -0.2) is 0 Å². The third-order valence-electron chi connectivity index (χ3n) is 2.13. The number of rotatable bonds is 3. The molecule has 0 bridgehead atoms. The van der Waals surface area contributed by atoms with Crippen LogP contribution in [0.1, 0.15) is 38.8 Å². The van der Waals surface area contributed by atoms with E-state index in [1.807, 2.05) is 20.8 Å². The average molecular weight is 237 g/mol. The number of esters is 1. The molecule has 0 aliphatic rings. The normalized spacial score (nSPS) is 13.2. The van der Waals surface area contributed by atoms with E-state index in [2.05, 4.69) is 0 Å². The zero-order chi connectivity index (χ0) is 13.1. The minimum absolute atomic E-state index is 0.127. The van der Waals surface area contributed by atoms with E-state index in [4.69, 9.17) is 15.6 Å². The molecule has 1 aromatic rings. The second kappa shape index (κ2) is 5.19. The van der Waals surface area contributed by atoms with Gasteiger partial charge in [0.15, 0.2) is 0 Å². The highest BCUT2D eigenvalue weighted by Crippen LogP contribution is 2.19. The van der Waals surface area contributed by atoms with E-state index in [1.165, 1.54) is 0 Å². The molecule has 0 heterocycles. The van der Waals surface area contributed by atoms with E-state index >= 15 is 0 Å². The summed E-state index contributed by atoms with van der Waals surface area (Å²) >= 11 is 0. The lowest BCUT2D eigenvalue weighted by molar-refractivity contribution is -0.155. The first-order valence-corrected chi connectivity index (χ1v) is 5.54. The molecule has 0 fully saturated rings. The molecule has 4 nitrogen and oxygen atoms in total. The van der Waals surface area contributed by atoms with Gasteiger partial charge in [-0.3, -0.25) is 4.79 Å². The van der Waals surface area contributed by atoms with Gasteiger partial charge in [0.2, 0.25) is 0 Å². The quantitative estimate of drug-likeness (QED) is 0.790. The lowest BCUT2D eigenvalue weighted by Gasteiger charge is -2.21. The molecule has 0 aliphatic carbocycles. The van der Waals surface area contributed by atoms with E-state index in [0.717, 1.165) is 5.56 Å². The number of phenols is 1. The van der Waals surface area contributed by atoms with Crippen LogP contribution in [0.15, 0.2) is 24.3 Å². The molecule has 1 rings (SSSR count). The first kappa shape index (κ1) is 13.5. The van der Waals surface area contributed by atoms with Gasteiger partial charge in [-0.15, -0.1) is 0 Å². The van der Waals surface area contributed by atoms with Gasteiger partial charge in [0.05, 0.1) is 6.42 Å². The van der Waals surface area contributed by atoms with Crippen molar-refractivity contribution in [3.05, 3.63) is 29.8 Å².